The minimum atomic E-state index is 0.425. The molecule has 0 aliphatic carbocycles. The van der Waals surface area contributed by atoms with Gasteiger partial charge in [0.15, 0.2) is 0 Å². The summed E-state index contributed by atoms with van der Waals surface area (Å²) < 4.78 is 5.14. The molecule has 20 heavy (non-hydrogen) atoms. The van der Waals surface area contributed by atoms with Gasteiger partial charge in [-0.3, -0.25) is 0 Å². The molecule has 0 saturated carbocycles. The maximum atomic E-state index is 5.14. The molecule has 3 rings (SSSR count). The SMILES string of the molecule is CNC(Cc1ccoc1)Cc1ccc2ccccc2c1. The fraction of sp³-hybridized carbons (Fsp3) is 0.222. The van der Waals surface area contributed by atoms with E-state index in [9.17, 15) is 0 Å². The molecule has 0 radical (unpaired) electrons. The van der Waals surface area contributed by atoms with Crippen molar-refractivity contribution in [3.8, 4) is 0 Å². The lowest BCUT2D eigenvalue weighted by Crippen LogP contribution is -2.29. The summed E-state index contributed by atoms with van der Waals surface area (Å²) in [6, 6.07) is 17.7. The summed E-state index contributed by atoms with van der Waals surface area (Å²) in [7, 11) is 2.02. The third-order valence-electron chi connectivity index (χ3n) is 3.77. The Morgan fingerprint density at radius 2 is 1.75 bits per heavy atom. The van der Waals surface area contributed by atoms with Crippen LogP contribution in [0.5, 0.6) is 0 Å². The lowest BCUT2D eigenvalue weighted by Gasteiger charge is -2.15. The van der Waals surface area contributed by atoms with E-state index in [4.69, 9.17) is 4.42 Å². The summed E-state index contributed by atoms with van der Waals surface area (Å²) in [6.45, 7) is 0. The molecule has 0 amide bonds. The molecule has 2 aromatic carbocycles. The van der Waals surface area contributed by atoms with Gasteiger partial charge in [-0.15, -0.1) is 0 Å². The van der Waals surface area contributed by atoms with Crippen LogP contribution in [0.3, 0.4) is 0 Å². The molecule has 1 atom stereocenters. The van der Waals surface area contributed by atoms with Crippen LogP contribution in [0.15, 0.2) is 65.5 Å². The Hall–Kier alpha value is -2.06. The van der Waals surface area contributed by atoms with Gasteiger partial charge in [-0.25, -0.2) is 0 Å². The molecule has 0 aliphatic rings. The topological polar surface area (TPSA) is 25.2 Å². The molecule has 2 heteroatoms. The van der Waals surface area contributed by atoms with Crippen molar-refractivity contribution < 1.29 is 4.42 Å². The third-order valence-corrected chi connectivity index (χ3v) is 3.77. The van der Waals surface area contributed by atoms with Gasteiger partial charge in [-0.2, -0.15) is 0 Å². The van der Waals surface area contributed by atoms with Crippen molar-refractivity contribution in [3.05, 3.63) is 72.2 Å². The van der Waals surface area contributed by atoms with Crippen LogP contribution in [0.1, 0.15) is 11.1 Å². The van der Waals surface area contributed by atoms with Crippen molar-refractivity contribution >= 4 is 10.8 Å². The molecule has 1 unspecified atom stereocenters. The van der Waals surface area contributed by atoms with E-state index in [0.717, 1.165) is 12.8 Å². The van der Waals surface area contributed by atoms with Gasteiger partial charge in [0.25, 0.3) is 0 Å². The number of furan rings is 1. The van der Waals surface area contributed by atoms with Gasteiger partial charge >= 0.3 is 0 Å². The van der Waals surface area contributed by atoms with Gasteiger partial charge in [0.1, 0.15) is 0 Å². The molecule has 102 valence electrons. The van der Waals surface area contributed by atoms with Crippen LogP contribution in [0.2, 0.25) is 0 Å². The number of fused-ring (bicyclic) bond motifs is 1. The zero-order valence-corrected chi connectivity index (χ0v) is 11.7. The Morgan fingerprint density at radius 1 is 0.950 bits per heavy atom. The number of likely N-dealkylation sites (N-methyl/N-ethyl adjacent to an activating group) is 1. The number of hydrogen-bond acceptors (Lipinski definition) is 2. The predicted molar refractivity (Wildman–Crippen MR) is 82.9 cm³/mol. The number of hydrogen-bond donors (Lipinski definition) is 1. The molecule has 0 saturated heterocycles. The van der Waals surface area contributed by atoms with E-state index in [2.05, 4.69) is 47.8 Å². The highest BCUT2D eigenvalue weighted by atomic mass is 16.3. The first-order chi connectivity index (χ1) is 9.85. The van der Waals surface area contributed by atoms with E-state index in [-0.39, 0.29) is 0 Å². The monoisotopic (exact) mass is 265 g/mol. The van der Waals surface area contributed by atoms with E-state index >= 15 is 0 Å². The summed E-state index contributed by atoms with van der Waals surface area (Å²) in [5, 5.41) is 6.00. The lowest BCUT2D eigenvalue weighted by molar-refractivity contribution is 0.538. The van der Waals surface area contributed by atoms with Crippen molar-refractivity contribution in [2.45, 2.75) is 18.9 Å². The van der Waals surface area contributed by atoms with Crippen molar-refractivity contribution in [2.75, 3.05) is 7.05 Å². The minimum absolute atomic E-state index is 0.425. The Kier molecular flexibility index (Phi) is 3.84. The first kappa shape index (κ1) is 12.9. The molecule has 0 aliphatic heterocycles. The fourth-order valence-electron chi connectivity index (χ4n) is 2.62. The second-order valence-corrected chi connectivity index (χ2v) is 5.21. The summed E-state index contributed by atoms with van der Waals surface area (Å²) >= 11 is 0. The third kappa shape index (κ3) is 2.91. The van der Waals surface area contributed by atoms with Gasteiger partial charge < -0.3 is 9.73 Å². The maximum absolute atomic E-state index is 5.14. The van der Waals surface area contributed by atoms with E-state index in [1.165, 1.54) is 21.9 Å². The zero-order valence-electron chi connectivity index (χ0n) is 11.7. The molecule has 0 spiro atoms. The van der Waals surface area contributed by atoms with Gasteiger partial charge in [0, 0.05) is 6.04 Å². The number of nitrogens with one attached hydrogen (secondary N) is 1. The molecule has 2 nitrogen and oxygen atoms in total. The van der Waals surface area contributed by atoms with Crippen LogP contribution >= 0.6 is 0 Å². The standard InChI is InChI=1S/C18H19NO/c1-19-18(12-15-8-9-20-13-15)11-14-6-7-16-4-2-3-5-17(16)10-14/h2-10,13,18-19H,11-12H2,1H3. The average Bonchev–Trinajstić information content (AvgIpc) is 2.99. The number of benzene rings is 2. The smallest absolute Gasteiger partial charge is 0.0935 e. The molecular weight excluding hydrogens is 246 g/mol. The Balaban J connectivity index is 1.76. The highest BCUT2D eigenvalue weighted by Gasteiger charge is 2.09. The summed E-state index contributed by atoms with van der Waals surface area (Å²) in [5.74, 6) is 0. The molecule has 1 aromatic heterocycles. The minimum Gasteiger partial charge on any atom is -0.472 e. The Morgan fingerprint density at radius 3 is 2.50 bits per heavy atom. The fourth-order valence-corrected chi connectivity index (χ4v) is 2.62. The van der Waals surface area contributed by atoms with E-state index in [0.29, 0.717) is 6.04 Å². The van der Waals surface area contributed by atoms with E-state index < -0.39 is 0 Å². The average molecular weight is 265 g/mol. The first-order valence-corrected chi connectivity index (χ1v) is 7.01. The van der Waals surface area contributed by atoms with E-state index in [1.54, 1.807) is 6.26 Å². The molecule has 3 aromatic rings. The molecule has 0 fully saturated rings. The van der Waals surface area contributed by atoms with Crippen molar-refractivity contribution in [1.29, 1.82) is 0 Å². The summed E-state index contributed by atoms with van der Waals surface area (Å²) in [5.41, 5.74) is 2.61. The predicted octanol–water partition coefficient (Wildman–Crippen LogP) is 3.81. The second-order valence-electron chi connectivity index (χ2n) is 5.21. The van der Waals surface area contributed by atoms with E-state index in [1.807, 2.05) is 19.4 Å². The van der Waals surface area contributed by atoms with Crippen LogP contribution in [-0.4, -0.2) is 13.1 Å². The second kappa shape index (κ2) is 5.93. The zero-order chi connectivity index (χ0) is 13.8. The van der Waals surface area contributed by atoms with Gasteiger partial charge in [-0.05, 0) is 47.9 Å². The molecule has 1 N–H and O–H groups in total. The van der Waals surface area contributed by atoms with Crippen LogP contribution in [-0.2, 0) is 12.8 Å². The Labute approximate surface area is 119 Å². The summed E-state index contributed by atoms with van der Waals surface area (Å²) in [6.07, 6.45) is 5.56. The normalized spacial score (nSPS) is 12.7. The maximum Gasteiger partial charge on any atom is 0.0935 e. The quantitative estimate of drug-likeness (QED) is 0.759. The highest BCUT2D eigenvalue weighted by Crippen LogP contribution is 2.17. The van der Waals surface area contributed by atoms with Crippen LogP contribution < -0.4 is 5.32 Å². The van der Waals surface area contributed by atoms with Crippen LogP contribution in [0.4, 0.5) is 0 Å². The van der Waals surface area contributed by atoms with Crippen molar-refractivity contribution in [3.63, 3.8) is 0 Å². The first-order valence-electron chi connectivity index (χ1n) is 7.01. The summed E-state index contributed by atoms with van der Waals surface area (Å²) in [4.78, 5) is 0. The molecule has 0 bridgehead atoms. The van der Waals surface area contributed by atoms with Gasteiger partial charge in [0.05, 0.1) is 12.5 Å². The van der Waals surface area contributed by atoms with Gasteiger partial charge in [-0.1, -0.05) is 42.5 Å². The van der Waals surface area contributed by atoms with Crippen LogP contribution in [0, 0.1) is 0 Å². The highest BCUT2D eigenvalue weighted by molar-refractivity contribution is 5.82. The van der Waals surface area contributed by atoms with Crippen molar-refractivity contribution in [2.24, 2.45) is 0 Å². The van der Waals surface area contributed by atoms with Crippen LogP contribution in [0.25, 0.3) is 10.8 Å². The number of rotatable bonds is 5. The van der Waals surface area contributed by atoms with Gasteiger partial charge in [0.2, 0.25) is 0 Å². The lowest BCUT2D eigenvalue weighted by atomic mass is 9.98. The molecular formula is C18H19NO. The molecule has 1 heterocycles. The largest absolute Gasteiger partial charge is 0.472 e. The van der Waals surface area contributed by atoms with Crippen molar-refractivity contribution in [1.82, 2.24) is 5.32 Å². The Bertz CT molecular complexity index is 673.